The molecule has 0 saturated heterocycles. The van der Waals surface area contributed by atoms with Crippen molar-refractivity contribution < 1.29 is 0 Å². The third-order valence-electron chi connectivity index (χ3n) is 4.07. The van der Waals surface area contributed by atoms with E-state index in [1.807, 2.05) is 0 Å². The number of hydrogen-bond donors (Lipinski definition) is 0. The highest BCUT2D eigenvalue weighted by molar-refractivity contribution is 5.56. The first-order valence-corrected chi connectivity index (χ1v) is 7.18. The van der Waals surface area contributed by atoms with Crippen molar-refractivity contribution in [3.63, 3.8) is 0 Å². The molecule has 0 saturated carbocycles. The maximum Gasteiger partial charge on any atom is 0.123 e. The van der Waals surface area contributed by atoms with Crippen LogP contribution < -0.4 is 4.90 Å². The van der Waals surface area contributed by atoms with E-state index in [0.717, 1.165) is 31.6 Å². The van der Waals surface area contributed by atoms with E-state index in [1.165, 1.54) is 17.7 Å². The molecule has 102 valence electrons. The van der Waals surface area contributed by atoms with E-state index in [1.54, 1.807) is 0 Å². The first-order chi connectivity index (χ1) is 9.21. The maximum atomic E-state index is 9.47. The summed E-state index contributed by atoms with van der Waals surface area (Å²) < 4.78 is 0. The fourth-order valence-corrected chi connectivity index (χ4v) is 2.93. The lowest BCUT2D eigenvalue weighted by molar-refractivity contribution is 0.262. The number of fused-ring (bicyclic) bond motifs is 1. The van der Waals surface area contributed by atoms with Crippen LogP contribution in [-0.2, 0) is 6.42 Å². The normalized spacial score (nSPS) is 16.1. The Kier molecular flexibility index (Phi) is 4.44. The highest BCUT2D eigenvalue weighted by Crippen LogP contribution is 2.30. The maximum absolute atomic E-state index is 9.47. The first-order valence-electron chi connectivity index (χ1n) is 7.18. The van der Waals surface area contributed by atoms with Crippen molar-refractivity contribution in [2.75, 3.05) is 31.6 Å². The Morgan fingerprint density at radius 1 is 1.37 bits per heavy atom. The van der Waals surface area contributed by atoms with Crippen molar-refractivity contribution in [2.24, 2.45) is 0 Å². The number of benzene rings is 1. The van der Waals surface area contributed by atoms with Crippen molar-refractivity contribution in [2.45, 2.75) is 32.7 Å². The predicted molar refractivity (Wildman–Crippen MR) is 79.3 cm³/mol. The molecule has 1 aromatic carbocycles. The molecule has 3 nitrogen and oxygen atoms in total. The Balaban J connectivity index is 2.33. The van der Waals surface area contributed by atoms with E-state index < -0.39 is 0 Å². The lowest BCUT2D eigenvalue weighted by atomic mass is 9.96. The number of hydrogen-bond acceptors (Lipinski definition) is 3. The average molecular weight is 257 g/mol. The van der Waals surface area contributed by atoms with Crippen LogP contribution in [0.15, 0.2) is 18.2 Å². The Bertz CT molecular complexity index is 471. The van der Waals surface area contributed by atoms with Gasteiger partial charge in [0.25, 0.3) is 0 Å². The van der Waals surface area contributed by atoms with Crippen LogP contribution in [0.3, 0.4) is 0 Å². The largest absolute Gasteiger partial charge is 0.374 e. The second-order valence-electron chi connectivity index (χ2n) is 5.17. The summed E-state index contributed by atoms with van der Waals surface area (Å²) in [7, 11) is 2.14. The van der Waals surface area contributed by atoms with Gasteiger partial charge < -0.3 is 4.90 Å². The van der Waals surface area contributed by atoms with Crippen LogP contribution in [0, 0.1) is 11.3 Å². The SMILES string of the molecule is CCN(CC)C(C#N)c1ccc2c(c1)CCCN2C. The van der Waals surface area contributed by atoms with Gasteiger partial charge in [0, 0.05) is 19.3 Å². The second kappa shape index (κ2) is 6.08. The minimum Gasteiger partial charge on any atom is -0.374 e. The van der Waals surface area contributed by atoms with Crippen molar-refractivity contribution in [3.8, 4) is 6.07 Å². The van der Waals surface area contributed by atoms with Gasteiger partial charge in [-0.2, -0.15) is 5.26 Å². The van der Waals surface area contributed by atoms with Gasteiger partial charge in [0.1, 0.15) is 6.04 Å². The predicted octanol–water partition coefficient (Wildman–Crippen LogP) is 2.98. The van der Waals surface area contributed by atoms with Gasteiger partial charge in [-0.25, -0.2) is 0 Å². The molecule has 0 spiro atoms. The van der Waals surface area contributed by atoms with Crippen molar-refractivity contribution in [1.29, 1.82) is 5.26 Å². The zero-order chi connectivity index (χ0) is 13.8. The summed E-state index contributed by atoms with van der Waals surface area (Å²) in [6, 6.07) is 8.86. The summed E-state index contributed by atoms with van der Waals surface area (Å²) >= 11 is 0. The van der Waals surface area contributed by atoms with Crippen LogP contribution in [-0.4, -0.2) is 31.6 Å². The number of nitrogens with zero attached hydrogens (tertiary/aromatic N) is 3. The molecule has 2 rings (SSSR count). The lowest BCUT2D eigenvalue weighted by Crippen LogP contribution is -2.28. The molecular weight excluding hydrogens is 234 g/mol. The van der Waals surface area contributed by atoms with E-state index in [9.17, 15) is 5.26 Å². The fraction of sp³-hybridized carbons (Fsp3) is 0.562. The van der Waals surface area contributed by atoms with Crippen LogP contribution in [0.5, 0.6) is 0 Å². The third-order valence-corrected chi connectivity index (χ3v) is 4.07. The molecule has 1 unspecified atom stereocenters. The van der Waals surface area contributed by atoms with Crippen LogP contribution >= 0.6 is 0 Å². The van der Waals surface area contributed by atoms with E-state index in [0.29, 0.717) is 0 Å². The van der Waals surface area contributed by atoms with E-state index >= 15 is 0 Å². The quantitative estimate of drug-likeness (QED) is 0.830. The summed E-state index contributed by atoms with van der Waals surface area (Å²) in [5.74, 6) is 0. The van der Waals surface area contributed by atoms with Gasteiger partial charge in [-0.15, -0.1) is 0 Å². The van der Waals surface area contributed by atoms with Gasteiger partial charge in [0.15, 0.2) is 0 Å². The fourth-order valence-electron chi connectivity index (χ4n) is 2.93. The van der Waals surface area contributed by atoms with Crippen molar-refractivity contribution >= 4 is 5.69 Å². The lowest BCUT2D eigenvalue weighted by Gasteiger charge is -2.30. The zero-order valence-electron chi connectivity index (χ0n) is 12.2. The highest BCUT2D eigenvalue weighted by Gasteiger charge is 2.20. The molecule has 1 heterocycles. The van der Waals surface area contributed by atoms with Gasteiger partial charge in [-0.1, -0.05) is 26.0 Å². The molecule has 1 aromatic rings. The van der Waals surface area contributed by atoms with Crippen LogP contribution in [0.1, 0.15) is 37.4 Å². The van der Waals surface area contributed by atoms with E-state index in [2.05, 4.69) is 55.0 Å². The molecule has 0 N–H and O–H groups in total. The number of rotatable bonds is 4. The molecule has 0 aromatic heterocycles. The number of nitriles is 1. The Hall–Kier alpha value is -1.53. The minimum absolute atomic E-state index is 0.118. The molecule has 0 fully saturated rings. The average Bonchev–Trinajstić information content (AvgIpc) is 2.44. The molecule has 0 radical (unpaired) electrons. The van der Waals surface area contributed by atoms with Gasteiger partial charge >= 0.3 is 0 Å². The summed E-state index contributed by atoms with van der Waals surface area (Å²) in [4.78, 5) is 4.51. The standard InChI is InChI=1S/C16H23N3/c1-4-19(5-2)16(12-17)14-8-9-15-13(11-14)7-6-10-18(15)3/h8-9,11,16H,4-7,10H2,1-3H3. The second-order valence-corrected chi connectivity index (χ2v) is 5.17. The van der Waals surface area contributed by atoms with Gasteiger partial charge in [-0.05, 0) is 43.1 Å². The van der Waals surface area contributed by atoms with Crippen LogP contribution in [0.25, 0.3) is 0 Å². The molecule has 0 aliphatic carbocycles. The highest BCUT2D eigenvalue weighted by atomic mass is 15.1. The molecule has 0 bridgehead atoms. The van der Waals surface area contributed by atoms with Crippen LogP contribution in [0.2, 0.25) is 0 Å². The Morgan fingerprint density at radius 3 is 2.74 bits per heavy atom. The minimum atomic E-state index is -0.118. The summed E-state index contributed by atoms with van der Waals surface area (Å²) in [5.41, 5.74) is 3.85. The first kappa shape index (κ1) is 13.9. The Labute approximate surface area is 116 Å². The van der Waals surface area contributed by atoms with Crippen LogP contribution in [0.4, 0.5) is 5.69 Å². The molecule has 19 heavy (non-hydrogen) atoms. The smallest absolute Gasteiger partial charge is 0.123 e. The van der Waals surface area contributed by atoms with E-state index in [-0.39, 0.29) is 6.04 Å². The molecule has 1 aliphatic rings. The van der Waals surface area contributed by atoms with Gasteiger partial charge in [0.2, 0.25) is 0 Å². The topological polar surface area (TPSA) is 30.3 Å². The summed E-state index contributed by atoms with van der Waals surface area (Å²) in [6.07, 6.45) is 2.33. The summed E-state index contributed by atoms with van der Waals surface area (Å²) in [6.45, 7) is 7.17. The molecular formula is C16H23N3. The third kappa shape index (κ3) is 2.74. The Morgan fingerprint density at radius 2 is 2.11 bits per heavy atom. The number of anilines is 1. The van der Waals surface area contributed by atoms with Gasteiger partial charge in [-0.3, -0.25) is 4.90 Å². The molecule has 3 heteroatoms. The molecule has 0 amide bonds. The van der Waals surface area contributed by atoms with E-state index in [4.69, 9.17) is 0 Å². The number of aryl methyl sites for hydroxylation is 1. The van der Waals surface area contributed by atoms with Crippen molar-refractivity contribution in [1.82, 2.24) is 4.90 Å². The summed E-state index contributed by atoms with van der Waals surface area (Å²) in [5, 5.41) is 9.47. The van der Waals surface area contributed by atoms with Gasteiger partial charge in [0.05, 0.1) is 6.07 Å². The monoisotopic (exact) mass is 257 g/mol. The zero-order valence-corrected chi connectivity index (χ0v) is 12.2. The molecule has 1 aliphatic heterocycles. The molecule has 1 atom stereocenters. The van der Waals surface area contributed by atoms with Crippen molar-refractivity contribution in [3.05, 3.63) is 29.3 Å².